The Bertz CT molecular complexity index is 368. The van der Waals surface area contributed by atoms with Gasteiger partial charge in [-0.2, -0.15) is 0 Å². The van der Waals surface area contributed by atoms with Gasteiger partial charge >= 0.3 is 5.97 Å². The minimum absolute atomic E-state index is 0.305. The molecule has 0 radical (unpaired) electrons. The summed E-state index contributed by atoms with van der Waals surface area (Å²) in [6.07, 6.45) is 6.45. The van der Waals surface area contributed by atoms with Gasteiger partial charge in [0.2, 0.25) is 0 Å². The van der Waals surface area contributed by atoms with Crippen molar-refractivity contribution in [2.75, 3.05) is 0 Å². The van der Waals surface area contributed by atoms with Crippen LogP contribution in [-0.2, 0) is 17.6 Å². The van der Waals surface area contributed by atoms with Crippen molar-refractivity contribution >= 4 is 5.97 Å². The predicted molar refractivity (Wildman–Crippen MR) is 57.9 cm³/mol. The molecule has 82 valence electrons. The van der Waals surface area contributed by atoms with Crippen molar-refractivity contribution in [3.63, 3.8) is 0 Å². The molecule has 1 aromatic heterocycles. The SMILES string of the molecule is Cc1c[nH]c2c1CCC(CCC(=O)O)C2. The Morgan fingerprint density at radius 1 is 1.67 bits per heavy atom. The fraction of sp³-hybridized carbons (Fsp3) is 0.583. The molecule has 0 saturated carbocycles. The molecule has 3 nitrogen and oxygen atoms in total. The number of carboxylic acids is 1. The van der Waals surface area contributed by atoms with Gasteiger partial charge in [0, 0.05) is 18.3 Å². The smallest absolute Gasteiger partial charge is 0.303 e. The molecule has 1 aliphatic carbocycles. The maximum absolute atomic E-state index is 10.5. The van der Waals surface area contributed by atoms with Crippen molar-refractivity contribution < 1.29 is 9.90 Å². The van der Waals surface area contributed by atoms with Crippen molar-refractivity contribution in [1.29, 1.82) is 0 Å². The van der Waals surface area contributed by atoms with Crippen LogP contribution in [0.1, 0.15) is 36.1 Å². The minimum atomic E-state index is -0.677. The normalized spacial score (nSPS) is 19.9. The van der Waals surface area contributed by atoms with Gasteiger partial charge in [0.05, 0.1) is 0 Å². The number of aromatic nitrogens is 1. The Balaban J connectivity index is 1.97. The summed E-state index contributed by atoms with van der Waals surface area (Å²) in [4.78, 5) is 13.8. The largest absolute Gasteiger partial charge is 0.481 e. The quantitative estimate of drug-likeness (QED) is 0.799. The van der Waals surface area contributed by atoms with Gasteiger partial charge in [-0.3, -0.25) is 4.79 Å². The number of nitrogens with one attached hydrogen (secondary N) is 1. The van der Waals surface area contributed by atoms with Gasteiger partial charge in [-0.05, 0) is 49.7 Å². The number of carbonyl (C=O) groups is 1. The number of aromatic amines is 1. The fourth-order valence-corrected chi connectivity index (χ4v) is 2.45. The highest BCUT2D eigenvalue weighted by Crippen LogP contribution is 2.29. The number of hydrogen-bond acceptors (Lipinski definition) is 1. The van der Waals surface area contributed by atoms with Crippen molar-refractivity contribution in [2.45, 2.75) is 39.0 Å². The molecule has 0 fully saturated rings. The van der Waals surface area contributed by atoms with Gasteiger partial charge in [0.25, 0.3) is 0 Å². The molecule has 3 heteroatoms. The average molecular weight is 207 g/mol. The zero-order chi connectivity index (χ0) is 10.8. The highest BCUT2D eigenvalue weighted by Gasteiger charge is 2.21. The van der Waals surface area contributed by atoms with E-state index in [4.69, 9.17) is 5.11 Å². The van der Waals surface area contributed by atoms with Crippen LogP contribution >= 0.6 is 0 Å². The van der Waals surface area contributed by atoms with Crippen LogP contribution in [0.2, 0.25) is 0 Å². The first-order valence-corrected chi connectivity index (χ1v) is 5.54. The van der Waals surface area contributed by atoms with E-state index in [1.807, 2.05) is 0 Å². The van der Waals surface area contributed by atoms with E-state index < -0.39 is 5.97 Å². The molecule has 0 saturated heterocycles. The number of aliphatic carboxylic acids is 1. The first-order valence-electron chi connectivity index (χ1n) is 5.54. The van der Waals surface area contributed by atoms with Crippen LogP contribution in [0.5, 0.6) is 0 Å². The summed E-state index contributed by atoms with van der Waals surface area (Å²) in [5.74, 6) is -0.130. The summed E-state index contributed by atoms with van der Waals surface area (Å²) in [6, 6.07) is 0. The van der Waals surface area contributed by atoms with Gasteiger partial charge in [0.1, 0.15) is 0 Å². The zero-order valence-electron chi connectivity index (χ0n) is 9.05. The number of carboxylic acid groups (broad SMARTS) is 1. The third-order valence-corrected chi connectivity index (χ3v) is 3.37. The summed E-state index contributed by atoms with van der Waals surface area (Å²) in [7, 11) is 0. The molecule has 1 aromatic rings. The lowest BCUT2D eigenvalue weighted by Gasteiger charge is -2.21. The summed E-state index contributed by atoms with van der Waals surface area (Å²) in [5, 5.41) is 8.64. The van der Waals surface area contributed by atoms with E-state index in [2.05, 4.69) is 18.1 Å². The number of hydrogen-bond donors (Lipinski definition) is 2. The van der Waals surface area contributed by atoms with Crippen LogP contribution in [-0.4, -0.2) is 16.1 Å². The number of aryl methyl sites for hydroxylation is 1. The van der Waals surface area contributed by atoms with Gasteiger partial charge < -0.3 is 10.1 Å². The summed E-state index contributed by atoms with van der Waals surface area (Å²) < 4.78 is 0. The third kappa shape index (κ3) is 2.22. The van der Waals surface area contributed by atoms with Crippen LogP contribution in [0.25, 0.3) is 0 Å². The topological polar surface area (TPSA) is 53.1 Å². The predicted octanol–water partition coefficient (Wildman–Crippen LogP) is 2.29. The van der Waals surface area contributed by atoms with Crippen LogP contribution < -0.4 is 0 Å². The lowest BCUT2D eigenvalue weighted by atomic mass is 9.84. The summed E-state index contributed by atoms with van der Waals surface area (Å²) in [6.45, 7) is 2.13. The van der Waals surface area contributed by atoms with Crippen molar-refractivity contribution in [3.8, 4) is 0 Å². The van der Waals surface area contributed by atoms with Crippen molar-refractivity contribution in [2.24, 2.45) is 5.92 Å². The van der Waals surface area contributed by atoms with E-state index in [0.29, 0.717) is 12.3 Å². The van der Waals surface area contributed by atoms with E-state index in [1.165, 1.54) is 16.8 Å². The molecular weight excluding hydrogens is 190 g/mol. The fourth-order valence-electron chi connectivity index (χ4n) is 2.45. The molecular formula is C12H17NO2. The molecule has 0 spiro atoms. The van der Waals surface area contributed by atoms with E-state index >= 15 is 0 Å². The van der Waals surface area contributed by atoms with Gasteiger partial charge in [-0.25, -0.2) is 0 Å². The maximum atomic E-state index is 10.5. The molecule has 1 atom stereocenters. The average Bonchev–Trinajstić information content (AvgIpc) is 2.57. The second-order valence-electron chi connectivity index (χ2n) is 4.47. The van der Waals surface area contributed by atoms with Crippen LogP contribution in [0, 0.1) is 12.8 Å². The lowest BCUT2D eigenvalue weighted by Crippen LogP contribution is -2.15. The Hall–Kier alpha value is -1.25. The second kappa shape index (κ2) is 4.09. The second-order valence-corrected chi connectivity index (χ2v) is 4.47. The molecule has 0 amide bonds. The zero-order valence-corrected chi connectivity index (χ0v) is 9.05. The van der Waals surface area contributed by atoms with Crippen LogP contribution in [0.15, 0.2) is 6.20 Å². The summed E-state index contributed by atoms with van der Waals surface area (Å²) >= 11 is 0. The first-order chi connectivity index (χ1) is 7.16. The Kier molecular flexibility index (Phi) is 2.80. The van der Waals surface area contributed by atoms with E-state index in [9.17, 15) is 4.79 Å². The highest BCUT2D eigenvalue weighted by atomic mass is 16.4. The molecule has 0 aromatic carbocycles. The lowest BCUT2D eigenvalue weighted by molar-refractivity contribution is -0.137. The van der Waals surface area contributed by atoms with Gasteiger partial charge in [0.15, 0.2) is 0 Å². The third-order valence-electron chi connectivity index (χ3n) is 3.37. The first kappa shape index (κ1) is 10.3. The van der Waals surface area contributed by atoms with Crippen molar-refractivity contribution in [1.82, 2.24) is 4.98 Å². The number of rotatable bonds is 3. The molecule has 1 heterocycles. The molecule has 2 rings (SSSR count). The molecule has 0 bridgehead atoms. The Morgan fingerprint density at radius 3 is 3.20 bits per heavy atom. The Morgan fingerprint density at radius 2 is 2.47 bits per heavy atom. The Labute approximate surface area is 89.5 Å². The van der Waals surface area contributed by atoms with Crippen molar-refractivity contribution in [3.05, 3.63) is 23.0 Å². The van der Waals surface area contributed by atoms with E-state index in [1.54, 1.807) is 0 Å². The molecule has 1 aliphatic rings. The number of H-pyrrole nitrogens is 1. The van der Waals surface area contributed by atoms with Gasteiger partial charge in [-0.1, -0.05) is 0 Å². The minimum Gasteiger partial charge on any atom is -0.481 e. The molecule has 15 heavy (non-hydrogen) atoms. The standard InChI is InChI=1S/C12H17NO2/c1-8-7-13-11-6-9(2-4-10(8)11)3-5-12(14)15/h7,9,13H,2-6H2,1H3,(H,14,15). The summed E-state index contributed by atoms with van der Waals surface area (Å²) in [5.41, 5.74) is 4.14. The van der Waals surface area contributed by atoms with E-state index in [-0.39, 0.29) is 0 Å². The maximum Gasteiger partial charge on any atom is 0.303 e. The molecule has 0 aliphatic heterocycles. The van der Waals surface area contributed by atoms with E-state index in [0.717, 1.165) is 25.7 Å². The monoisotopic (exact) mass is 207 g/mol. The van der Waals surface area contributed by atoms with Crippen LogP contribution in [0.3, 0.4) is 0 Å². The number of fused-ring (bicyclic) bond motifs is 1. The van der Waals surface area contributed by atoms with Crippen LogP contribution in [0.4, 0.5) is 0 Å². The highest BCUT2D eigenvalue weighted by molar-refractivity contribution is 5.66. The molecule has 2 N–H and O–H groups in total. The molecule has 1 unspecified atom stereocenters. The van der Waals surface area contributed by atoms with Gasteiger partial charge in [-0.15, -0.1) is 0 Å².